The first-order chi connectivity index (χ1) is 13.0. The highest BCUT2D eigenvalue weighted by Gasteiger charge is 2.18. The van der Waals surface area contributed by atoms with Crippen molar-refractivity contribution in [3.8, 4) is 0 Å². The molecule has 0 bridgehead atoms. The van der Waals surface area contributed by atoms with Gasteiger partial charge in [-0.15, -0.1) is 0 Å². The Morgan fingerprint density at radius 2 is 1.70 bits per heavy atom. The molecule has 1 saturated heterocycles. The van der Waals surface area contributed by atoms with E-state index in [0.29, 0.717) is 16.4 Å². The van der Waals surface area contributed by atoms with Crippen LogP contribution in [0.4, 0.5) is 17.1 Å². The number of halogens is 1. The molecule has 0 aromatic heterocycles. The average molecular weight is 386 g/mol. The molecule has 0 unspecified atom stereocenters. The quantitative estimate of drug-likeness (QED) is 0.833. The molecule has 0 saturated carbocycles. The van der Waals surface area contributed by atoms with Gasteiger partial charge < -0.3 is 15.1 Å². The van der Waals surface area contributed by atoms with Crippen LogP contribution < -0.4 is 15.1 Å². The lowest BCUT2D eigenvalue weighted by Crippen LogP contribution is -2.36. The molecule has 5 nitrogen and oxygen atoms in total. The van der Waals surface area contributed by atoms with E-state index in [1.54, 1.807) is 24.3 Å². The third-order valence-electron chi connectivity index (χ3n) is 4.70. The van der Waals surface area contributed by atoms with E-state index in [9.17, 15) is 9.59 Å². The Morgan fingerprint density at radius 3 is 2.33 bits per heavy atom. The van der Waals surface area contributed by atoms with Gasteiger partial charge in [-0.1, -0.05) is 23.7 Å². The number of hydrogen-bond donors (Lipinski definition) is 1. The Kier molecular flexibility index (Phi) is 6.35. The summed E-state index contributed by atoms with van der Waals surface area (Å²) in [5.74, 6) is -0.505. The third kappa shape index (κ3) is 5.01. The van der Waals surface area contributed by atoms with Crippen molar-refractivity contribution >= 4 is 40.5 Å². The summed E-state index contributed by atoms with van der Waals surface area (Å²) >= 11 is 6.17. The number of nitrogens with one attached hydrogen (secondary N) is 1. The van der Waals surface area contributed by atoms with Gasteiger partial charge in [0.25, 0.3) is 0 Å². The Bertz CT molecular complexity index is 801. The molecular weight excluding hydrogens is 362 g/mol. The number of amides is 2. The zero-order valence-corrected chi connectivity index (χ0v) is 16.2. The SMILES string of the molecule is CC(=O)N(CC(=O)Nc1ccc(N2CCCCC2)cc1)c1ccccc1Cl. The fraction of sp³-hybridized carbons (Fsp3) is 0.333. The van der Waals surface area contributed by atoms with Gasteiger partial charge in [0.1, 0.15) is 6.54 Å². The van der Waals surface area contributed by atoms with Crippen LogP contribution in [0.1, 0.15) is 26.2 Å². The zero-order chi connectivity index (χ0) is 19.2. The molecule has 142 valence electrons. The van der Waals surface area contributed by atoms with Gasteiger partial charge in [0, 0.05) is 31.4 Å². The molecule has 0 radical (unpaired) electrons. The highest BCUT2D eigenvalue weighted by atomic mass is 35.5. The molecule has 3 rings (SSSR count). The van der Waals surface area contributed by atoms with Gasteiger partial charge in [-0.05, 0) is 55.7 Å². The Morgan fingerprint density at radius 1 is 1.04 bits per heavy atom. The lowest BCUT2D eigenvalue weighted by Gasteiger charge is -2.28. The van der Waals surface area contributed by atoms with Crippen molar-refractivity contribution in [3.05, 3.63) is 53.6 Å². The van der Waals surface area contributed by atoms with Gasteiger partial charge in [-0.3, -0.25) is 9.59 Å². The lowest BCUT2D eigenvalue weighted by molar-refractivity contribution is -0.120. The molecule has 2 aromatic rings. The number of anilines is 3. The maximum atomic E-state index is 12.4. The summed E-state index contributed by atoms with van der Waals surface area (Å²) in [5.41, 5.74) is 2.42. The van der Waals surface area contributed by atoms with E-state index < -0.39 is 0 Å². The maximum Gasteiger partial charge on any atom is 0.244 e. The van der Waals surface area contributed by atoms with Crippen molar-refractivity contribution in [2.45, 2.75) is 26.2 Å². The largest absolute Gasteiger partial charge is 0.372 e. The van der Waals surface area contributed by atoms with Crippen LogP contribution in [0.3, 0.4) is 0 Å². The molecule has 1 aliphatic heterocycles. The van der Waals surface area contributed by atoms with E-state index in [2.05, 4.69) is 10.2 Å². The Labute approximate surface area is 164 Å². The van der Waals surface area contributed by atoms with Gasteiger partial charge in [0.05, 0.1) is 10.7 Å². The highest BCUT2D eigenvalue weighted by Crippen LogP contribution is 2.25. The summed E-state index contributed by atoms with van der Waals surface area (Å²) in [6.45, 7) is 3.49. The monoisotopic (exact) mass is 385 g/mol. The Hall–Kier alpha value is -2.53. The highest BCUT2D eigenvalue weighted by molar-refractivity contribution is 6.33. The summed E-state index contributed by atoms with van der Waals surface area (Å²) in [6, 6.07) is 14.8. The summed E-state index contributed by atoms with van der Waals surface area (Å²) in [6.07, 6.45) is 3.74. The molecule has 0 aliphatic carbocycles. The number of para-hydroxylation sites is 1. The third-order valence-corrected chi connectivity index (χ3v) is 5.02. The van der Waals surface area contributed by atoms with Gasteiger partial charge in [-0.2, -0.15) is 0 Å². The predicted molar refractivity (Wildman–Crippen MR) is 111 cm³/mol. The number of hydrogen-bond acceptors (Lipinski definition) is 3. The minimum absolute atomic E-state index is 0.0903. The van der Waals surface area contributed by atoms with Crippen LogP contribution >= 0.6 is 11.6 Å². The van der Waals surface area contributed by atoms with E-state index in [1.165, 1.54) is 36.8 Å². The van der Waals surface area contributed by atoms with Crippen molar-refractivity contribution in [1.82, 2.24) is 0 Å². The molecule has 27 heavy (non-hydrogen) atoms. The van der Waals surface area contributed by atoms with Crippen molar-refractivity contribution < 1.29 is 9.59 Å². The van der Waals surface area contributed by atoms with Crippen molar-refractivity contribution in [2.24, 2.45) is 0 Å². The molecule has 0 spiro atoms. The van der Waals surface area contributed by atoms with E-state index in [1.807, 2.05) is 24.3 Å². The second-order valence-corrected chi connectivity index (χ2v) is 7.11. The predicted octanol–water partition coefficient (Wildman–Crippen LogP) is 4.32. The number of carbonyl (C=O) groups excluding carboxylic acids is 2. The summed E-state index contributed by atoms with van der Waals surface area (Å²) < 4.78 is 0. The van der Waals surface area contributed by atoms with Crippen LogP contribution in [0.2, 0.25) is 5.02 Å². The molecule has 2 aromatic carbocycles. The van der Waals surface area contributed by atoms with Crippen LogP contribution in [-0.4, -0.2) is 31.4 Å². The van der Waals surface area contributed by atoms with Crippen LogP contribution in [-0.2, 0) is 9.59 Å². The second kappa shape index (κ2) is 8.91. The van der Waals surface area contributed by atoms with Crippen molar-refractivity contribution in [1.29, 1.82) is 0 Å². The minimum atomic E-state index is -0.268. The van der Waals surface area contributed by atoms with E-state index in [0.717, 1.165) is 13.1 Å². The molecule has 1 aliphatic rings. The number of carbonyl (C=O) groups is 2. The first kappa shape index (κ1) is 19.2. The summed E-state index contributed by atoms with van der Waals surface area (Å²) in [7, 11) is 0. The lowest BCUT2D eigenvalue weighted by atomic mass is 10.1. The molecule has 1 fully saturated rings. The van der Waals surface area contributed by atoms with Crippen molar-refractivity contribution in [3.63, 3.8) is 0 Å². The molecular formula is C21H24ClN3O2. The van der Waals surface area contributed by atoms with Crippen LogP contribution in [0.25, 0.3) is 0 Å². The Balaban J connectivity index is 1.64. The molecule has 1 N–H and O–H groups in total. The second-order valence-electron chi connectivity index (χ2n) is 6.70. The topological polar surface area (TPSA) is 52.7 Å². The van der Waals surface area contributed by atoms with Crippen LogP contribution in [0.15, 0.2) is 48.5 Å². The van der Waals surface area contributed by atoms with Gasteiger partial charge in [-0.25, -0.2) is 0 Å². The fourth-order valence-electron chi connectivity index (χ4n) is 3.29. The molecule has 2 amide bonds. The fourth-order valence-corrected chi connectivity index (χ4v) is 3.53. The van der Waals surface area contributed by atoms with Crippen LogP contribution in [0, 0.1) is 0 Å². The average Bonchev–Trinajstić information content (AvgIpc) is 2.68. The summed E-state index contributed by atoms with van der Waals surface area (Å²) in [5, 5.41) is 3.29. The number of benzene rings is 2. The van der Waals surface area contributed by atoms with Gasteiger partial charge >= 0.3 is 0 Å². The smallest absolute Gasteiger partial charge is 0.244 e. The molecule has 1 heterocycles. The first-order valence-electron chi connectivity index (χ1n) is 9.22. The van der Waals surface area contributed by atoms with Gasteiger partial charge in [0.2, 0.25) is 11.8 Å². The van der Waals surface area contributed by atoms with E-state index in [-0.39, 0.29) is 18.4 Å². The van der Waals surface area contributed by atoms with Gasteiger partial charge in [0.15, 0.2) is 0 Å². The molecule has 0 atom stereocenters. The number of piperidine rings is 1. The zero-order valence-electron chi connectivity index (χ0n) is 15.5. The first-order valence-corrected chi connectivity index (χ1v) is 9.60. The van der Waals surface area contributed by atoms with E-state index in [4.69, 9.17) is 11.6 Å². The van der Waals surface area contributed by atoms with Crippen LogP contribution in [0.5, 0.6) is 0 Å². The van der Waals surface area contributed by atoms with Crippen molar-refractivity contribution in [2.75, 3.05) is 34.8 Å². The summed E-state index contributed by atoms with van der Waals surface area (Å²) in [4.78, 5) is 28.2. The van der Waals surface area contributed by atoms with E-state index >= 15 is 0 Å². The standard InChI is InChI=1S/C21H24ClN3O2/c1-16(26)25(20-8-4-3-7-19(20)22)15-21(27)23-17-9-11-18(12-10-17)24-13-5-2-6-14-24/h3-4,7-12H,2,5-6,13-15H2,1H3,(H,23,27). The molecule has 6 heteroatoms. The number of rotatable bonds is 5. The minimum Gasteiger partial charge on any atom is -0.372 e. The normalized spacial score (nSPS) is 13.9. The maximum absolute atomic E-state index is 12.4. The number of nitrogens with zero attached hydrogens (tertiary/aromatic N) is 2.